The maximum Gasteiger partial charge on any atom is 0.255 e. The topological polar surface area (TPSA) is 103 Å². The first-order chi connectivity index (χ1) is 12.3. The summed E-state index contributed by atoms with van der Waals surface area (Å²) in [7, 11) is -3.33. The first-order valence-corrected chi connectivity index (χ1v) is 11.0. The fourth-order valence-electron chi connectivity index (χ4n) is 3.88. The van der Waals surface area contributed by atoms with Gasteiger partial charge in [0.05, 0.1) is 17.5 Å². The van der Waals surface area contributed by atoms with E-state index in [0.29, 0.717) is 36.6 Å². The van der Waals surface area contributed by atoms with Gasteiger partial charge in [-0.05, 0) is 25.7 Å². The molecule has 3 heterocycles. The minimum atomic E-state index is -3.33. The van der Waals surface area contributed by atoms with Gasteiger partial charge in [0, 0.05) is 44.4 Å². The van der Waals surface area contributed by atoms with Crippen molar-refractivity contribution < 1.29 is 13.2 Å². The molecule has 2 fully saturated rings. The number of sulfonamides is 1. The predicted molar refractivity (Wildman–Crippen MR) is 95.1 cm³/mol. The highest BCUT2D eigenvalue weighted by Crippen LogP contribution is 2.34. The van der Waals surface area contributed by atoms with E-state index < -0.39 is 10.0 Å². The number of H-pyrrole nitrogens is 1. The summed E-state index contributed by atoms with van der Waals surface area (Å²) in [6, 6.07) is 0. The molecule has 1 aliphatic carbocycles. The molecule has 0 bridgehead atoms. The first kappa shape index (κ1) is 17.7. The lowest BCUT2D eigenvalue weighted by Crippen LogP contribution is -2.42. The Kier molecular flexibility index (Phi) is 4.38. The van der Waals surface area contributed by atoms with E-state index in [1.165, 1.54) is 4.31 Å². The lowest BCUT2D eigenvalue weighted by atomic mass is 9.96. The molecule has 0 aromatic carbocycles. The van der Waals surface area contributed by atoms with Crippen molar-refractivity contribution in [3.05, 3.63) is 27.4 Å². The van der Waals surface area contributed by atoms with Gasteiger partial charge in [0.15, 0.2) is 0 Å². The summed E-state index contributed by atoms with van der Waals surface area (Å²) in [5, 5.41) is 0. The van der Waals surface area contributed by atoms with Crippen molar-refractivity contribution in [2.45, 2.75) is 44.6 Å². The number of aromatic nitrogens is 2. The zero-order valence-electron chi connectivity index (χ0n) is 14.9. The van der Waals surface area contributed by atoms with Gasteiger partial charge in [-0.25, -0.2) is 13.4 Å². The van der Waals surface area contributed by atoms with Gasteiger partial charge in [-0.3, -0.25) is 9.59 Å². The summed E-state index contributed by atoms with van der Waals surface area (Å²) < 4.78 is 24.8. The summed E-state index contributed by atoms with van der Waals surface area (Å²) in [4.78, 5) is 34.3. The number of rotatable bonds is 3. The van der Waals surface area contributed by atoms with Crippen LogP contribution < -0.4 is 5.56 Å². The molecule has 0 radical (unpaired) electrons. The second kappa shape index (κ2) is 6.45. The van der Waals surface area contributed by atoms with E-state index >= 15 is 0 Å². The quantitative estimate of drug-likeness (QED) is 0.807. The van der Waals surface area contributed by atoms with Crippen molar-refractivity contribution in [3.63, 3.8) is 0 Å². The maximum absolute atomic E-state index is 12.5. The number of hydrogen-bond acceptors (Lipinski definition) is 5. The average molecular weight is 380 g/mol. The second-order valence-corrected chi connectivity index (χ2v) is 9.60. The van der Waals surface area contributed by atoms with E-state index in [1.54, 1.807) is 0 Å². The van der Waals surface area contributed by atoms with Gasteiger partial charge in [-0.15, -0.1) is 0 Å². The van der Waals surface area contributed by atoms with Gasteiger partial charge in [-0.1, -0.05) is 0 Å². The Labute approximate surface area is 152 Å². The van der Waals surface area contributed by atoms with Gasteiger partial charge in [0.1, 0.15) is 5.82 Å². The zero-order valence-corrected chi connectivity index (χ0v) is 15.7. The van der Waals surface area contributed by atoms with Crippen molar-refractivity contribution in [1.29, 1.82) is 0 Å². The molecule has 4 rings (SSSR count). The van der Waals surface area contributed by atoms with Crippen LogP contribution in [0.2, 0.25) is 0 Å². The molecule has 142 valence electrons. The van der Waals surface area contributed by atoms with Gasteiger partial charge < -0.3 is 9.88 Å². The molecule has 3 aliphatic rings. The highest BCUT2D eigenvalue weighted by Gasteiger charge is 2.36. The van der Waals surface area contributed by atoms with Crippen molar-refractivity contribution in [2.75, 3.05) is 25.9 Å². The standard InChI is InChI=1S/C17H24N4O4S/c1-26(24,25)21-8-6-14-13(10-21)16(22)19-15(18-14)12-3-2-7-20(9-12)17(23)11-4-5-11/h11-12H,2-10H2,1H3,(H,18,19,22)/t12-/m0/s1. The number of fused-ring (bicyclic) bond motifs is 1. The second-order valence-electron chi connectivity index (χ2n) is 7.62. The number of nitrogens with zero attached hydrogens (tertiary/aromatic N) is 3. The molecule has 1 saturated heterocycles. The molecule has 2 aliphatic heterocycles. The summed E-state index contributed by atoms with van der Waals surface area (Å²) in [6.45, 7) is 1.81. The van der Waals surface area contributed by atoms with Gasteiger partial charge in [-0.2, -0.15) is 4.31 Å². The third kappa shape index (κ3) is 3.42. The lowest BCUT2D eigenvalue weighted by molar-refractivity contribution is -0.133. The van der Waals surface area contributed by atoms with E-state index in [0.717, 1.165) is 38.5 Å². The number of amides is 1. The Morgan fingerprint density at radius 1 is 1.23 bits per heavy atom. The maximum atomic E-state index is 12.5. The van der Waals surface area contributed by atoms with Crippen LogP contribution in [0.1, 0.15) is 48.7 Å². The number of carbonyl (C=O) groups excluding carboxylic acids is 1. The summed E-state index contributed by atoms with van der Waals surface area (Å²) in [5.41, 5.74) is 0.866. The fraction of sp³-hybridized carbons (Fsp3) is 0.706. The number of nitrogens with one attached hydrogen (secondary N) is 1. The third-order valence-corrected chi connectivity index (χ3v) is 6.82. The molecule has 8 nitrogen and oxygen atoms in total. The van der Waals surface area contributed by atoms with Crippen LogP contribution in [-0.4, -0.2) is 59.4 Å². The fourth-order valence-corrected chi connectivity index (χ4v) is 4.67. The molecule has 1 aromatic rings. The molecule has 1 aromatic heterocycles. The Balaban J connectivity index is 1.56. The number of hydrogen-bond donors (Lipinski definition) is 1. The highest BCUT2D eigenvalue weighted by atomic mass is 32.2. The summed E-state index contributed by atoms with van der Waals surface area (Å²) in [6.07, 6.45) is 5.38. The van der Waals surface area contributed by atoms with Gasteiger partial charge >= 0.3 is 0 Å². The smallest absolute Gasteiger partial charge is 0.255 e. The van der Waals surface area contributed by atoms with Crippen LogP contribution >= 0.6 is 0 Å². The SMILES string of the molecule is CS(=O)(=O)N1CCc2nc([C@H]3CCCN(C(=O)C4CC4)C3)[nH]c(=O)c2C1. The Hall–Kier alpha value is -1.74. The molecule has 0 spiro atoms. The van der Waals surface area contributed by atoms with E-state index in [-0.39, 0.29) is 29.8 Å². The van der Waals surface area contributed by atoms with Crippen LogP contribution in [0.25, 0.3) is 0 Å². The molecule has 1 saturated carbocycles. The number of likely N-dealkylation sites (tertiary alicyclic amines) is 1. The minimum absolute atomic E-state index is 0.0392. The molecule has 9 heteroatoms. The minimum Gasteiger partial charge on any atom is -0.342 e. The predicted octanol–water partition coefficient (Wildman–Crippen LogP) is 0.204. The van der Waals surface area contributed by atoms with Crippen LogP contribution in [0.4, 0.5) is 0 Å². The van der Waals surface area contributed by atoms with Crippen LogP contribution in [0.5, 0.6) is 0 Å². The van der Waals surface area contributed by atoms with E-state index in [9.17, 15) is 18.0 Å². The molecule has 0 unspecified atom stereocenters. The van der Waals surface area contributed by atoms with E-state index in [2.05, 4.69) is 9.97 Å². The molecule has 1 amide bonds. The highest BCUT2D eigenvalue weighted by molar-refractivity contribution is 7.88. The van der Waals surface area contributed by atoms with Crippen molar-refractivity contribution in [3.8, 4) is 0 Å². The molecular weight excluding hydrogens is 356 g/mol. The summed E-state index contributed by atoms with van der Waals surface area (Å²) in [5.74, 6) is 1.11. The van der Waals surface area contributed by atoms with Gasteiger partial charge in [0.25, 0.3) is 5.56 Å². The van der Waals surface area contributed by atoms with Crippen molar-refractivity contribution >= 4 is 15.9 Å². The number of carbonyl (C=O) groups is 1. The van der Waals surface area contributed by atoms with Crippen molar-refractivity contribution in [2.24, 2.45) is 5.92 Å². The van der Waals surface area contributed by atoms with E-state index in [4.69, 9.17) is 0 Å². The molecule has 1 atom stereocenters. The lowest BCUT2D eigenvalue weighted by Gasteiger charge is -2.33. The van der Waals surface area contributed by atoms with Crippen molar-refractivity contribution in [1.82, 2.24) is 19.2 Å². The summed E-state index contributed by atoms with van der Waals surface area (Å²) >= 11 is 0. The molecule has 26 heavy (non-hydrogen) atoms. The van der Waals surface area contributed by atoms with Crippen LogP contribution in [0, 0.1) is 5.92 Å². The average Bonchev–Trinajstić information content (AvgIpc) is 3.45. The van der Waals surface area contributed by atoms with Crippen LogP contribution in [0.3, 0.4) is 0 Å². The Bertz CT molecular complexity index is 891. The first-order valence-electron chi connectivity index (χ1n) is 9.19. The molecular formula is C17H24N4O4S. The zero-order chi connectivity index (χ0) is 18.5. The number of piperidine rings is 1. The monoisotopic (exact) mass is 380 g/mol. The van der Waals surface area contributed by atoms with Crippen LogP contribution in [0.15, 0.2) is 4.79 Å². The largest absolute Gasteiger partial charge is 0.342 e. The normalized spacial score (nSPS) is 24.3. The number of aromatic amines is 1. The van der Waals surface area contributed by atoms with E-state index in [1.807, 2.05) is 4.90 Å². The molecule has 1 N–H and O–H groups in total. The van der Waals surface area contributed by atoms with Crippen LogP contribution in [-0.2, 0) is 27.8 Å². The van der Waals surface area contributed by atoms with Gasteiger partial charge in [0.2, 0.25) is 15.9 Å². The Morgan fingerprint density at radius 2 is 2.00 bits per heavy atom. The third-order valence-electron chi connectivity index (χ3n) is 5.57. The Morgan fingerprint density at radius 3 is 2.69 bits per heavy atom.